The average Bonchev–Trinajstić information content (AvgIpc) is 2.64. The van der Waals surface area contributed by atoms with Crippen molar-refractivity contribution in [3.63, 3.8) is 0 Å². The first kappa shape index (κ1) is 12.0. The first-order valence-electron chi connectivity index (χ1n) is 6.04. The van der Waals surface area contributed by atoms with Crippen LogP contribution in [0.5, 0.6) is 0 Å². The van der Waals surface area contributed by atoms with Crippen LogP contribution in [-0.2, 0) is 4.74 Å². The minimum atomic E-state index is 0.538. The second kappa shape index (κ2) is 6.41. The lowest BCUT2D eigenvalue weighted by Gasteiger charge is -2.18. The van der Waals surface area contributed by atoms with Crippen molar-refractivity contribution in [2.75, 3.05) is 13.2 Å². The summed E-state index contributed by atoms with van der Waals surface area (Å²) < 4.78 is 5.61. The van der Waals surface area contributed by atoms with Gasteiger partial charge in [-0.05, 0) is 50.5 Å². The molecule has 1 heterocycles. The molecule has 0 amide bonds. The third kappa shape index (κ3) is 4.43. The zero-order valence-corrected chi connectivity index (χ0v) is 9.67. The van der Waals surface area contributed by atoms with Crippen molar-refractivity contribution in [2.45, 2.75) is 52.1 Å². The fourth-order valence-corrected chi connectivity index (χ4v) is 2.29. The van der Waals surface area contributed by atoms with Gasteiger partial charge in [0.1, 0.15) is 0 Å². The molecule has 1 aliphatic heterocycles. The van der Waals surface area contributed by atoms with E-state index >= 15 is 0 Å². The molecule has 1 rings (SSSR count). The quantitative estimate of drug-likeness (QED) is 0.713. The van der Waals surface area contributed by atoms with Gasteiger partial charge in [0.05, 0.1) is 6.10 Å². The molecule has 84 valence electrons. The van der Waals surface area contributed by atoms with Gasteiger partial charge in [-0.1, -0.05) is 13.8 Å². The van der Waals surface area contributed by atoms with E-state index in [2.05, 4.69) is 13.8 Å². The molecular weight excluding hydrogens is 174 g/mol. The van der Waals surface area contributed by atoms with Crippen molar-refractivity contribution in [3.05, 3.63) is 0 Å². The Kier molecular flexibility index (Phi) is 5.49. The number of nitrogens with two attached hydrogens (primary N) is 1. The number of hydrogen-bond acceptors (Lipinski definition) is 2. The Labute approximate surface area is 88.2 Å². The van der Waals surface area contributed by atoms with Crippen LogP contribution >= 0.6 is 0 Å². The van der Waals surface area contributed by atoms with E-state index in [-0.39, 0.29) is 0 Å². The summed E-state index contributed by atoms with van der Waals surface area (Å²) in [6, 6.07) is 0. The summed E-state index contributed by atoms with van der Waals surface area (Å²) in [5.74, 6) is 1.48. The molecule has 0 aromatic heterocycles. The van der Waals surface area contributed by atoms with Crippen LogP contribution in [0.3, 0.4) is 0 Å². The highest BCUT2D eigenvalue weighted by Crippen LogP contribution is 2.22. The maximum Gasteiger partial charge on any atom is 0.0576 e. The molecule has 0 radical (unpaired) electrons. The summed E-state index contributed by atoms with van der Waals surface area (Å²) in [4.78, 5) is 0. The predicted molar refractivity (Wildman–Crippen MR) is 60.2 cm³/mol. The van der Waals surface area contributed by atoms with Gasteiger partial charge in [0.25, 0.3) is 0 Å². The molecule has 2 N–H and O–H groups in total. The van der Waals surface area contributed by atoms with Crippen molar-refractivity contribution in [1.82, 2.24) is 0 Å². The first-order valence-corrected chi connectivity index (χ1v) is 6.04. The largest absolute Gasteiger partial charge is 0.378 e. The van der Waals surface area contributed by atoms with E-state index in [9.17, 15) is 0 Å². The summed E-state index contributed by atoms with van der Waals surface area (Å²) in [6.07, 6.45) is 6.79. The predicted octanol–water partition coefficient (Wildman–Crippen LogP) is 2.57. The van der Waals surface area contributed by atoms with Crippen LogP contribution < -0.4 is 5.73 Å². The highest BCUT2D eigenvalue weighted by Gasteiger charge is 2.17. The van der Waals surface area contributed by atoms with E-state index in [1.165, 1.54) is 32.1 Å². The molecule has 14 heavy (non-hydrogen) atoms. The van der Waals surface area contributed by atoms with Crippen LogP contribution in [0.1, 0.15) is 46.0 Å². The summed E-state index contributed by atoms with van der Waals surface area (Å²) in [5.41, 5.74) is 5.76. The van der Waals surface area contributed by atoms with Gasteiger partial charge in [0, 0.05) is 6.61 Å². The first-order chi connectivity index (χ1) is 6.72. The van der Waals surface area contributed by atoms with Crippen molar-refractivity contribution >= 4 is 0 Å². The van der Waals surface area contributed by atoms with Crippen LogP contribution in [0.4, 0.5) is 0 Å². The van der Waals surface area contributed by atoms with Crippen molar-refractivity contribution in [3.8, 4) is 0 Å². The van der Waals surface area contributed by atoms with Gasteiger partial charge in [-0.15, -0.1) is 0 Å². The number of ether oxygens (including phenoxy) is 1. The third-order valence-corrected chi connectivity index (χ3v) is 3.06. The average molecular weight is 199 g/mol. The van der Waals surface area contributed by atoms with E-state index in [1.807, 2.05) is 0 Å². The van der Waals surface area contributed by atoms with Crippen molar-refractivity contribution in [2.24, 2.45) is 17.6 Å². The smallest absolute Gasteiger partial charge is 0.0576 e. The van der Waals surface area contributed by atoms with Crippen LogP contribution in [0, 0.1) is 11.8 Å². The zero-order valence-electron chi connectivity index (χ0n) is 9.67. The molecule has 0 saturated carbocycles. The SMILES string of the molecule is CC(C)CC(CN)CCC1CCCO1. The molecule has 1 aliphatic rings. The number of hydrogen-bond donors (Lipinski definition) is 1. The number of rotatable bonds is 6. The Morgan fingerprint density at radius 3 is 2.71 bits per heavy atom. The summed E-state index contributed by atoms with van der Waals surface area (Å²) in [7, 11) is 0. The molecule has 2 unspecified atom stereocenters. The molecule has 0 aromatic rings. The van der Waals surface area contributed by atoms with Crippen LogP contribution in [0.25, 0.3) is 0 Å². The maximum atomic E-state index is 5.76. The molecular formula is C12H25NO. The normalized spacial score (nSPS) is 24.4. The van der Waals surface area contributed by atoms with Crippen LogP contribution in [0.2, 0.25) is 0 Å². The lowest BCUT2D eigenvalue weighted by molar-refractivity contribution is 0.0973. The van der Waals surface area contributed by atoms with Crippen LogP contribution in [0.15, 0.2) is 0 Å². The minimum absolute atomic E-state index is 0.538. The van der Waals surface area contributed by atoms with Gasteiger partial charge in [-0.3, -0.25) is 0 Å². The van der Waals surface area contributed by atoms with Gasteiger partial charge >= 0.3 is 0 Å². The van der Waals surface area contributed by atoms with Crippen molar-refractivity contribution in [1.29, 1.82) is 0 Å². The fourth-order valence-electron chi connectivity index (χ4n) is 2.29. The Balaban J connectivity index is 2.12. The lowest BCUT2D eigenvalue weighted by Crippen LogP contribution is -2.18. The van der Waals surface area contributed by atoms with Gasteiger partial charge in [0.15, 0.2) is 0 Å². The van der Waals surface area contributed by atoms with E-state index in [0.29, 0.717) is 12.0 Å². The molecule has 0 aliphatic carbocycles. The van der Waals surface area contributed by atoms with E-state index < -0.39 is 0 Å². The van der Waals surface area contributed by atoms with E-state index in [0.717, 1.165) is 19.1 Å². The highest BCUT2D eigenvalue weighted by molar-refractivity contribution is 4.69. The minimum Gasteiger partial charge on any atom is -0.378 e. The lowest BCUT2D eigenvalue weighted by atomic mass is 9.91. The van der Waals surface area contributed by atoms with Gasteiger partial charge in [0.2, 0.25) is 0 Å². The topological polar surface area (TPSA) is 35.2 Å². The third-order valence-electron chi connectivity index (χ3n) is 3.06. The molecule has 1 fully saturated rings. The standard InChI is InChI=1S/C12H25NO/c1-10(2)8-11(9-13)5-6-12-4-3-7-14-12/h10-12H,3-9,13H2,1-2H3. The van der Waals surface area contributed by atoms with Crippen molar-refractivity contribution < 1.29 is 4.74 Å². The zero-order chi connectivity index (χ0) is 10.4. The van der Waals surface area contributed by atoms with Gasteiger partial charge < -0.3 is 10.5 Å². The molecule has 0 bridgehead atoms. The Bertz CT molecular complexity index is 141. The summed E-state index contributed by atoms with van der Waals surface area (Å²) in [6.45, 7) is 6.36. The molecule has 1 saturated heterocycles. The fraction of sp³-hybridized carbons (Fsp3) is 1.00. The van der Waals surface area contributed by atoms with E-state index in [1.54, 1.807) is 0 Å². The molecule has 0 spiro atoms. The highest BCUT2D eigenvalue weighted by atomic mass is 16.5. The maximum absolute atomic E-state index is 5.76. The molecule has 2 nitrogen and oxygen atoms in total. The Hall–Kier alpha value is -0.0800. The van der Waals surface area contributed by atoms with Gasteiger partial charge in [-0.25, -0.2) is 0 Å². The second-order valence-corrected chi connectivity index (χ2v) is 4.94. The van der Waals surface area contributed by atoms with Crippen LogP contribution in [-0.4, -0.2) is 19.3 Å². The van der Waals surface area contributed by atoms with Gasteiger partial charge in [-0.2, -0.15) is 0 Å². The Morgan fingerprint density at radius 1 is 1.43 bits per heavy atom. The Morgan fingerprint density at radius 2 is 2.21 bits per heavy atom. The monoisotopic (exact) mass is 199 g/mol. The summed E-state index contributed by atoms with van der Waals surface area (Å²) >= 11 is 0. The van der Waals surface area contributed by atoms with E-state index in [4.69, 9.17) is 10.5 Å². The summed E-state index contributed by atoms with van der Waals surface area (Å²) in [5, 5.41) is 0. The molecule has 2 atom stereocenters. The molecule has 0 aromatic carbocycles. The molecule has 2 heteroatoms. The second-order valence-electron chi connectivity index (χ2n) is 4.94.